The molecule has 2 rings (SSSR count). The number of pyridine rings is 1. The molecular weight excluding hydrogens is 294 g/mol. The lowest BCUT2D eigenvalue weighted by molar-refractivity contribution is 0.792. The van der Waals surface area contributed by atoms with Crippen LogP contribution >= 0.6 is 23.8 Å². The van der Waals surface area contributed by atoms with E-state index in [0.29, 0.717) is 23.6 Å². The van der Waals surface area contributed by atoms with E-state index >= 15 is 0 Å². The second-order valence-electron chi connectivity index (χ2n) is 4.67. The van der Waals surface area contributed by atoms with Crippen molar-refractivity contribution < 1.29 is 0 Å². The SMILES string of the molecule is NC(=S)NC(=NCCCc1ncccc1Cl)NC1CC1. The number of guanidine groups is 1. The maximum atomic E-state index is 6.06. The van der Waals surface area contributed by atoms with Crippen molar-refractivity contribution >= 4 is 34.9 Å². The summed E-state index contributed by atoms with van der Waals surface area (Å²) in [4.78, 5) is 8.69. The number of aryl methyl sites for hydroxylation is 1. The molecule has 0 spiro atoms. The minimum atomic E-state index is 0.227. The largest absolute Gasteiger partial charge is 0.376 e. The van der Waals surface area contributed by atoms with E-state index in [4.69, 9.17) is 29.6 Å². The summed E-state index contributed by atoms with van der Waals surface area (Å²) >= 11 is 10.9. The fourth-order valence-corrected chi connectivity index (χ4v) is 2.01. The normalized spacial score (nSPS) is 14.9. The molecule has 4 N–H and O–H groups in total. The zero-order valence-electron chi connectivity index (χ0n) is 11.1. The van der Waals surface area contributed by atoms with Crippen molar-refractivity contribution in [1.29, 1.82) is 0 Å². The third kappa shape index (κ3) is 5.30. The molecule has 7 heteroatoms. The van der Waals surface area contributed by atoms with E-state index in [-0.39, 0.29) is 5.11 Å². The molecule has 1 fully saturated rings. The molecule has 0 atom stereocenters. The van der Waals surface area contributed by atoms with Crippen molar-refractivity contribution in [3.8, 4) is 0 Å². The fourth-order valence-electron chi connectivity index (χ4n) is 1.70. The van der Waals surface area contributed by atoms with Gasteiger partial charge in [-0.25, -0.2) is 0 Å². The maximum absolute atomic E-state index is 6.06. The van der Waals surface area contributed by atoms with Crippen molar-refractivity contribution in [1.82, 2.24) is 15.6 Å². The van der Waals surface area contributed by atoms with Crippen molar-refractivity contribution in [2.24, 2.45) is 10.7 Å². The van der Waals surface area contributed by atoms with Gasteiger partial charge < -0.3 is 16.4 Å². The Morgan fingerprint density at radius 2 is 2.35 bits per heavy atom. The number of aliphatic imine (C=N–C) groups is 1. The fraction of sp³-hybridized carbons (Fsp3) is 0.462. The zero-order valence-corrected chi connectivity index (χ0v) is 12.7. The average Bonchev–Trinajstić information content (AvgIpc) is 3.19. The Hall–Kier alpha value is -1.40. The van der Waals surface area contributed by atoms with Gasteiger partial charge in [-0.1, -0.05) is 11.6 Å². The highest BCUT2D eigenvalue weighted by Crippen LogP contribution is 2.18. The lowest BCUT2D eigenvalue weighted by atomic mass is 10.2. The second kappa shape index (κ2) is 7.40. The molecule has 1 aromatic heterocycles. The molecule has 0 saturated heterocycles. The Balaban J connectivity index is 1.80. The van der Waals surface area contributed by atoms with Crippen molar-refractivity contribution in [2.75, 3.05) is 6.54 Å². The number of rotatable bonds is 5. The Kier molecular flexibility index (Phi) is 5.55. The van der Waals surface area contributed by atoms with Crippen molar-refractivity contribution in [3.05, 3.63) is 29.0 Å². The molecule has 0 unspecified atom stereocenters. The number of nitrogens with zero attached hydrogens (tertiary/aromatic N) is 2. The van der Waals surface area contributed by atoms with Gasteiger partial charge in [0.25, 0.3) is 0 Å². The maximum Gasteiger partial charge on any atom is 0.197 e. The molecule has 1 heterocycles. The molecule has 1 saturated carbocycles. The van der Waals surface area contributed by atoms with Crippen LogP contribution in [0.4, 0.5) is 0 Å². The van der Waals surface area contributed by atoms with Gasteiger partial charge in [0.1, 0.15) is 0 Å². The van der Waals surface area contributed by atoms with Gasteiger partial charge in [0.2, 0.25) is 0 Å². The van der Waals surface area contributed by atoms with Crippen LogP contribution in [0.15, 0.2) is 23.3 Å². The van der Waals surface area contributed by atoms with Gasteiger partial charge in [-0.2, -0.15) is 0 Å². The Morgan fingerprint density at radius 1 is 1.55 bits per heavy atom. The van der Waals surface area contributed by atoms with Crippen molar-refractivity contribution in [2.45, 2.75) is 31.7 Å². The van der Waals surface area contributed by atoms with Gasteiger partial charge in [-0.05, 0) is 50.0 Å². The third-order valence-corrected chi connectivity index (χ3v) is 3.28. The van der Waals surface area contributed by atoms with Crippen LogP contribution in [0.5, 0.6) is 0 Å². The quantitative estimate of drug-likeness (QED) is 0.333. The smallest absolute Gasteiger partial charge is 0.197 e. The summed E-state index contributed by atoms with van der Waals surface area (Å²) in [5.41, 5.74) is 6.38. The van der Waals surface area contributed by atoms with E-state index in [9.17, 15) is 0 Å². The first-order valence-electron chi connectivity index (χ1n) is 6.62. The van der Waals surface area contributed by atoms with E-state index in [0.717, 1.165) is 18.5 Å². The Bertz CT molecular complexity index is 501. The van der Waals surface area contributed by atoms with Gasteiger partial charge in [-0.15, -0.1) is 0 Å². The van der Waals surface area contributed by atoms with Gasteiger partial charge in [0.05, 0.1) is 10.7 Å². The Morgan fingerprint density at radius 3 is 3.00 bits per heavy atom. The first-order chi connectivity index (χ1) is 9.65. The number of nitrogens with one attached hydrogen (secondary N) is 2. The number of halogens is 1. The third-order valence-electron chi connectivity index (χ3n) is 2.84. The predicted molar refractivity (Wildman–Crippen MR) is 85.9 cm³/mol. The van der Waals surface area contributed by atoms with E-state index in [1.807, 2.05) is 12.1 Å². The zero-order chi connectivity index (χ0) is 14.4. The number of aromatic nitrogens is 1. The van der Waals surface area contributed by atoms with Gasteiger partial charge >= 0.3 is 0 Å². The molecule has 1 aliphatic carbocycles. The highest BCUT2D eigenvalue weighted by atomic mass is 35.5. The van der Waals surface area contributed by atoms with Crippen LogP contribution in [0.3, 0.4) is 0 Å². The lowest BCUT2D eigenvalue weighted by Crippen LogP contribution is -2.44. The van der Waals surface area contributed by atoms with E-state index < -0.39 is 0 Å². The Labute approximate surface area is 129 Å². The highest BCUT2D eigenvalue weighted by Gasteiger charge is 2.22. The molecule has 5 nitrogen and oxygen atoms in total. The van der Waals surface area contributed by atoms with Crippen LogP contribution in [-0.4, -0.2) is 28.6 Å². The molecule has 20 heavy (non-hydrogen) atoms. The van der Waals surface area contributed by atoms with Crippen LogP contribution in [0, 0.1) is 0 Å². The average molecular weight is 312 g/mol. The molecule has 0 bridgehead atoms. The van der Waals surface area contributed by atoms with Gasteiger partial charge in [-0.3, -0.25) is 9.98 Å². The van der Waals surface area contributed by atoms with Gasteiger partial charge in [0, 0.05) is 18.8 Å². The molecule has 0 aromatic carbocycles. The standard InChI is InChI=1S/C13H18ClN5S/c14-10-3-1-7-16-11(10)4-2-8-17-13(19-12(15)20)18-9-5-6-9/h1,3,7,9H,2,4-6,8H2,(H4,15,17,18,19,20). The minimum Gasteiger partial charge on any atom is -0.376 e. The highest BCUT2D eigenvalue weighted by molar-refractivity contribution is 7.80. The number of hydrogen-bond donors (Lipinski definition) is 3. The number of nitrogens with two attached hydrogens (primary N) is 1. The van der Waals surface area contributed by atoms with Crippen LogP contribution in [0.2, 0.25) is 5.02 Å². The summed E-state index contributed by atoms with van der Waals surface area (Å²) in [6, 6.07) is 4.18. The second-order valence-corrected chi connectivity index (χ2v) is 5.52. The molecule has 108 valence electrons. The molecule has 0 aliphatic heterocycles. The summed E-state index contributed by atoms with van der Waals surface area (Å²) < 4.78 is 0. The summed E-state index contributed by atoms with van der Waals surface area (Å²) in [7, 11) is 0. The van der Waals surface area contributed by atoms with E-state index in [1.54, 1.807) is 6.20 Å². The van der Waals surface area contributed by atoms with Crippen molar-refractivity contribution in [3.63, 3.8) is 0 Å². The monoisotopic (exact) mass is 311 g/mol. The topological polar surface area (TPSA) is 75.3 Å². The summed E-state index contributed by atoms with van der Waals surface area (Å²) in [6.45, 7) is 0.664. The summed E-state index contributed by atoms with van der Waals surface area (Å²) in [5.74, 6) is 0.659. The number of hydrogen-bond acceptors (Lipinski definition) is 3. The van der Waals surface area contributed by atoms with Gasteiger partial charge in [0.15, 0.2) is 11.1 Å². The lowest BCUT2D eigenvalue weighted by Gasteiger charge is -2.10. The first-order valence-corrected chi connectivity index (χ1v) is 7.40. The van der Waals surface area contributed by atoms with Crippen LogP contribution in [0.25, 0.3) is 0 Å². The van der Waals surface area contributed by atoms with Crippen LogP contribution in [0.1, 0.15) is 25.0 Å². The van der Waals surface area contributed by atoms with Crippen LogP contribution < -0.4 is 16.4 Å². The summed E-state index contributed by atoms with van der Waals surface area (Å²) in [6.07, 6.45) is 5.75. The van der Waals surface area contributed by atoms with E-state index in [2.05, 4.69) is 20.6 Å². The molecule has 1 aromatic rings. The molecule has 1 aliphatic rings. The predicted octanol–water partition coefficient (Wildman–Crippen LogP) is 1.61. The summed E-state index contributed by atoms with van der Waals surface area (Å²) in [5, 5.41) is 7.06. The molecule has 0 radical (unpaired) electrons. The van der Waals surface area contributed by atoms with E-state index in [1.165, 1.54) is 12.8 Å². The minimum absolute atomic E-state index is 0.227. The first kappa shape index (κ1) is 15.0. The number of thiocarbonyl (C=S) groups is 1. The molecular formula is C13H18ClN5S. The van der Waals surface area contributed by atoms with Crippen LogP contribution in [-0.2, 0) is 6.42 Å². The molecule has 0 amide bonds.